The SMILES string of the molecule is C=CCCCN(C)C(CNC1CC1)c1ccccc1. The fourth-order valence-electron chi connectivity index (χ4n) is 2.41. The minimum absolute atomic E-state index is 0.478. The molecule has 1 aromatic rings. The summed E-state index contributed by atoms with van der Waals surface area (Å²) in [7, 11) is 2.23. The van der Waals surface area contributed by atoms with Gasteiger partial charge in [0.1, 0.15) is 0 Å². The van der Waals surface area contributed by atoms with Gasteiger partial charge in [-0.2, -0.15) is 0 Å². The number of likely N-dealkylation sites (N-methyl/N-ethyl adjacent to an activating group) is 1. The van der Waals surface area contributed by atoms with Crippen LogP contribution in [0.3, 0.4) is 0 Å². The van der Waals surface area contributed by atoms with Crippen molar-refractivity contribution in [3.05, 3.63) is 48.6 Å². The van der Waals surface area contributed by atoms with Gasteiger partial charge in [0.25, 0.3) is 0 Å². The van der Waals surface area contributed by atoms with Crippen molar-refractivity contribution in [2.45, 2.75) is 37.8 Å². The predicted octanol–water partition coefficient (Wildman–Crippen LogP) is 3.38. The van der Waals surface area contributed by atoms with E-state index in [0.29, 0.717) is 6.04 Å². The zero-order valence-corrected chi connectivity index (χ0v) is 12.0. The Balaban J connectivity index is 1.93. The molecule has 0 spiro atoms. The monoisotopic (exact) mass is 258 g/mol. The van der Waals surface area contributed by atoms with Gasteiger partial charge in [-0.05, 0) is 44.8 Å². The molecule has 0 radical (unpaired) electrons. The summed E-state index contributed by atoms with van der Waals surface area (Å²) in [6.45, 7) is 5.98. The third kappa shape index (κ3) is 4.81. The summed E-state index contributed by atoms with van der Waals surface area (Å²) >= 11 is 0. The first-order valence-corrected chi connectivity index (χ1v) is 7.40. The first kappa shape index (κ1) is 14.3. The van der Waals surface area contributed by atoms with Gasteiger partial charge in [0.2, 0.25) is 0 Å². The molecule has 0 aromatic heterocycles. The van der Waals surface area contributed by atoms with Crippen molar-refractivity contribution in [1.29, 1.82) is 0 Å². The summed E-state index contributed by atoms with van der Waals surface area (Å²) in [5, 5.41) is 3.66. The largest absolute Gasteiger partial charge is 0.312 e. The molecule has 104 valence electrons. The second-order valence-corrected chi connectivity index (χ2v) is 5.52. The van der Waals surface area contributed by atoms with Gasteiger partial charge in [-0.15, -0.1) is 6.58 Å². The van der Waals surface area contributed by atoms with Gasteiger partial charge in [-0.1, -0.05) is 36.4 Å². The van der Waals surface area contributed by atoms with Crippen LogP contribution in [0.25, 0.3) is 0 Å². The van der Waals surface area contributed by atoms with Crippen molar-refractivity contribution >= 4 is 0 Å². The summed E-state index contributed by atoms with van der Waals surface area (Å²) < 4.78 is 0. The van der Waals surface area contributed by atoms with Gasteiger partial charge < -0.3 is 5.32 Å². The van der Waals surface area contributed by atoms with E-state index in [-0.39, 0.29) is 0 Å². The van der Waals surface area contributed by atoms with E-state index in [1.165, 1.54) is 24.8 Å². The first-order valence-electron chi connectivity index (χ1n) is 7.40. The molecule has 1 unspecified atom stereocenters. The lowest BCUT2D eigenvalue weighted by Crippen LogP contribution is -2.34. The van der Waals surface area contributed by atoms with Gasteiger partial charge in [-0.25, -0.2) is 0 Å². The molecule has 1 aliphatic carbocycles. The minimum atomic E-state index is 0.478. The molecular weight excluding hydrogens is 232 g/mol. The number of unbranched alkanes of at least 4 members (excludes halogenated alkanes) is 1. The van der Waals surface area contributed by atoms with Crippen LogP contribution in [0, 0.1) is 0 Å². The Hall–Kier alpha value is -1.12. The van der Waals surface area contributed by atoms with Crippen molar-refractivity contribution in [2.24, 2.45) is 0 Å². The quantitative estimate of drug-likeness (QED) is 0.539. The summed E-state index contributed by atoms with van der Waals surface area (Å²) in [6, 6.07) is 12.1. The minimum Gasteiger partial charge on any atom is -0.312 e. The lowest BCUT2D eigenvalue weighted by molar-refractivity contribution is 0.235. The Bertz CT molecular complexity index is 370. The molecule has 0 heterocycles. The van der Waals surface area contributed by atoms with Crippen LogP contribution in [0.2, 0.25) is 0 Å². The van der Waals surface area contributed by atoms with Crippen molar-refractivity contribution in [3.63, 3.8) is 0 Å². The van der Waals surface area contributed by atoms with Crippen LogP contribution in [0.4, 0.5) is 0 Å². The average Bonchev–Trinajstić information content (AvgIpc) is 3.25. The van der Waals surface area contributed by atoms with Crippen molar-refractivity contribution in [1.82, 2.24) is 10.2 Å². The molecule has 1 N–H and O–H groups in total. The van der Waals surface area contributed by atoms with Crippen molar-refractivity contribution in [3.8, 4) is 0 Å². The number of allylic oxidation sites excluding steroid dienone is 1. The molecule has 1 saturated carbocycles. The standard InChI is InChI=1S/C17H26N2/c1-3-4-8-13-19(2)17(14-18-16-11-12-16)15-9-6-5-7-10-15/h3,5-7,9-10,16-18H,1,4,8,11-14H2,2H3. The molecule has 2 rings (SSSR count). The maximum Gasteiger partial charge on any atom is 0.0469 e. The Kier molecular flexibility index (Phi) is 5.62. The van der Waals surface area contributed by atoms with Gasteiger partial charge in [-0.3, -0.25) is 4.90 Å². The maximum absolute atomic E-state index is 3.80. The van der Waals surface area contributed by atoms with E-state index in [1.807, 2.05) is 6.08 Å². The maximum atomic E-state index is 3.80. The van der Waals surface area contributed by atoms with Crippen LogP contribution in [-0.4, -0.2) is 31.1 Å². The molecule has 2 nitrogen and oxygen atoms in total. The summed E-state index contributed by atoms with van der Waals surface area (Å²) in [5.41, 5.74) is 1.41. The average molecular weight is 258 g/mol. The Morgan fingerprint density at radius 3 is 2.74 bits per heavy atom. The van der Waals surface area contributed by atoms with Crippen LogP contribution in [0.15, 0.2) is 43.0 Å². The van der Waals surface area contributed by atoms with E-state index < -0.39 is 0 Å². The van der Waals surface area contributed by atoms with E-state index in [2.05, 4.69) is 54.2 Å². The Morgan fingerprint density at radius 2 is 2.11 bits per heavy atom. The third-order valence-electron chi connectivity index (χ3n) is 3.81. The number of nitrogens with zero attached hydrogens (tertiary/aromatic N) is 1. The number of nitrogens with one attached hydrogen (secondary N) is 1. The highest BCUT2D eigenvalue weighted by Gasteiger charge is 2.23. The van der Waals surface area contributed by atoms with Crippen LogP contribution in [0.1, 0.15) is 37.3 Å². The first-order chi connectivity index (χ1) is 9.31. The predicted molar refractivity (Wildman–Crippen MR) is 82.3 cm³/mol. The summed E-state index contributed by atoms with van der Waals surface area (Å²) in [5.74, 6) is 0. The van der Waals surface area contributed by atoms with Gasteiger partial charge >= 0.3 is 0 Å². The van der Waals surface area contributed by atoms with E-state index >= 15 is 0 Å². The van der Waals surface area contributed by atoms with Crippen LogP contribution >= 0.6 is 0 Å². The molecule has 19 heavy (non-hydrogen) atoms. The number of benzene rings is 1. The second kappa shape index (κ2) is 7.46. The smallest absolute Gasteiger partial charge is 0.0469 e. The van der Waals surface area contributed by atoms with Crippen molar-refractivity contribution in [2.75, 3.05) is 20.1 Å². The zero-order valence-electron chi connectivity index (χ0n) is 12.0. The number of hydrogen-bond donors (Lipinski definition) is 1. The fourth-order valence-corrected chi connectivity index (χ4v) is 2.41. The molecule has 2 heteroatoms. The van der Waals surface area contributed by atoms with E-state index in [1.54, 1.807) is 0 Å². The highest BCUT2D eigenvalue weighted by molar-refractivity contribution is 5.19. The number of rotatable bonds is 9. The van der Waals surface area contributed by atoms with Crippen LogP contribution < -0.4 is 5.32 Å². The van der Waals surface area contributed by atoms with Crippen molar-refractivity contribution < 1.29 is 0 Å². The third-order valence-corrected chi connectivity index (χ3v) is 3.81. The highest BCUT2D eigenvalue weighted by Crippen LogP contribution is 2.23. The summed E-state index contributed by atoms with van der Waals surface area (Å²) in [6.07, 6.45) is 6.99. The summed E-state index contributed by atoms with van der Waals surface area (Å²) in [4.78, 5) is 2.47. The highest BCUT2D eigenvalue weighted by atomic mass is 15.2. The van der Waals surface area contributed by atoms with Crippen LogP contribution in [-0.2, 0) is 0 Å². The second-order valence-electron chi connectivity index (χ2n) is 5.52. The molecule has 0 bridgehead atoms. The normalized spacial score (nSPS) is 16.5. The van der Waals surface area contributed by atoms with Crippen LogP contribution in [0.5, 0.6) is 0 Å². The lowest BCUT2D eigenvalue weighted by Gasteiger charge is -2.29. The molecule has 0 saturated heterocycles. The molecule has 1 aromatic carbocycles. The zero-order chi connectivity index (χ0) is 13.5. The van der Waals surface area contributed by atoms with Gasteiger partial charge in [0, 0.05) is 18.6 Å². The molecule has 0 aliphatic heterocycles. The van der Waals surface area contributed by atoms with E-state index in [4.69, 9.17) is 0 Å². The topological polar surface area (TPSA) is 15.3 Å². The molecular formula is C17H26N2. The molecule has 1 atom stereocenters. The van der Waals surface area contributed by atoms with Gasteiger partial charge in [0.15, 0.2) is 0 Å². The van der Waals surface area contributed by atoms with Gasteiger partial charge in [0.05, 0.1) is 0 Å². The lowest BCUT2D eigenvalue weighted by atomic mass is 10.1. The number of hydrogen-bond acceptors (Lipinski definition) is 2. The van der Waals surface area contributed by atoms with E-state index in [0.717, 1.165) is 25.6 Å². The van der Waals surface area contributed by atoms with E-state index in [9.17, 15) is 0 Å². The Labute approximate surface area is 117 Å². The Morgan fingerprint density at radius 1 is 1.37 bits per heavy atom. The fraction of sp³-hybridized carbons (Fsp3) is 0.529. The molecule has 1 aliphatic rings. The molecule has 1 fully saturated rings. The molecule has 0 amide bonds.